The van der Waals surface area contributed by atoms with Gasteiger partial charge in [0, 0.05) is 95.2 Å². The van der Waals surface area contributed by atoms with Crippen LogP contribution in [0.3, 0.4) is 0 Å². The van der Waals surface area contributed by atoms with E-state index in [1.165, 1.54) is 32.9 Å². The van der Waals surface area contributed by atoms with Crippen LogP contribution >= 0.6 is 0 Å². The summed E-state index contributed by atoms with van der Waals surface area (Å²) in [4.78, 5) is 161. The standard InChI is InChI=1S/C68H102N4O34/c1-14-15-16-17-18-19-69-65(85)49-32-50(89-26-20-86-23-29-92-66-55(70-37(2)73)62(101-46(11)82)59(98-43(8)79)52(104-66)34-95-40(5)76)58(91-28-22-88-25-31-94-68-57(72-39(4)75)64(103-48(13)84)61(100-45(10)81)54(106-68)36-97-42(7)78)51(33-49)90-27-21-87-24-30-93-67-56(71-38(3)74)63(102-47(12)83)60(99-44(9)80)53(105-67)35-96-41(6)77/h32-33,52-57,59-64,66-68H,14-31,34-36H2,1-13H3,(H,69,85)(H,70,73)(H,71,74)(H,72,75)/t52-,53-,54-,55-,56-,57-,59+,60+,61+,62-,63-,64-,66-,67-,68-/m1/s1. The molecule has 0 unspecified atom stereocenters. The van der Waals surface area contributed by atoms with Gasteiger partial charge in [-0.05, 0) is 18.6 Å². The second-order valence-electron chi connectivity index (χ2n) is 24.1. The number of amides is 4. The number of hydrogen-bond donors (Lipinski definition) is 4. The van der Waals surface area contributed by atoms with Crippen molar-refractivity contribution < 1.29 is 162 Å². The topological polar surface area (TPSA) is 464 Å². The molecule has 0 saturated carbocycles. The minimum absolute atomic E-state index is 0.0121. The fraction of sp³-hybridized carbons (Fsp3) is 0.721. The van der Waals surface area contributed by atoms with E-state index in [1.807, 2.05) is 0 Å². The van der Waals surface area contributed by atoms with Gasteiger partial charge in [0.25, 0.3) is 5.91 Å². The van der Waals surface area contributed by atoms with E-state index in [2.05, 4.69) is 28.2 Å². The molecule has 3 saturated heterocycles. The molecule has 4 rings (SSSR count). The highest BCUT2D eigenvalue weighted by molar-refractivity contribution is 5.95. The first-order valence-electron chi connectivity index (χ1n) is 34.5. The average molecular weight is 1520 g/mol. The third-order valence-electron chi connectivity index (χ3n) is 15.0. The van der Waals surface area contributed by atoms with Crippen LogP contribution in [-0.4, -0.2) is 275 Å². The quantitative estimate of drug-likeness (QED) is 0.0394. The van der Waals surface area contributed by atoms with Gasteiger partial charge in [0.05, 0.1) is 59.5 Å². The van der Waals surface area contributed by atoms with Crippen LogP contribution in [0.15, 0.2) is 12.1 Å². The highest BCUT2D eigenvalue weighted by Crippen LogP contribution is 2.40. The molecule has 598 valence electrons. The Balaban J connectivity index is 1.61. The molecular formula is C68H102N4O34. The average Bonchev–Trinajstić information content (AvgIpc) is 0.792. The van der Waals surface area contributed by atoms with E-state index in [0.29, 0.717) is 13.0 Å². The zero-order chi connectivity index (χ0) is 78.4. The van der Waals surface area contributed by atoms with Crippen LogP contribution in [0.2, 0.25) is 0 Å². The summed E-state index contributed by atoms with van der Waals surface area (Å²) < 4.78 is 121. The zero-order valence-corrected chi connectivity index (χ0v) is 62.0. The van der Waals surface area contributed by atoms with Crippen molar-refractivity contribution in [2.24, 2.45) is 0 Å². The lowest BCUT2D eigenvalue weighted by Gasteiger charge is -2.44. The maximum absolute atomic E-state index is 14.0. The fourth-order valence-electron chi connectivity index (χ4n) is 11.0. The van der Waals surface area contributed by atoms with Crippen molar-refractivity contribution in [1.29, 1.82) is 0 Å². The Bertz CT molecular complexity index is 2920. The number of unbranched alkanes of at least 4 members (excludes halogenated alkanes) is 4. The Morgan fingerprint density at radius 2 is 0.642 bits per heavy atom. The first-order valence-corrected chi connectivity index (χ1v) is 34.5. The predicted molar refractivity (Wildman–Crippen MR) is 356 cm³/mol. The van der Waals surface area contributed by atoms with E-state index in [4.69, 9.17) is 99.5 Å². The van der Waals surface area contributed by atoms with Crippen molar-refractivity contribution >= 4 is 77.4 Å². The summed E-state index contributed by atoms with van der Waals surface area (Å²) in [6.45, 7) is 12.4. The number of ether oxygens (including phenoxy) is 21. The van der Waals surface area contributed by atoms with Gasteiger partial charge in [-0.15, -0.1) is 0 Å². The lowest BCUT2D eigenvalue weighted by Crippen LogP contribution is -2.66. The molecule has 0 aliphatic carbocycles. The van der Waals surface area contributed by atoms with Gasteiger partial charge in [0.1, 0.15) is 76.1 Å². The fourth-order valence-corrected chi connectivity index (χ4v) is 11.0. The van der Waals surface area contributed by atoms with Crippen LogP contribution in [0.4, 0.5) is 0 Å². The Hall–Kier alpha value is -8.63. The minimum atomic E-state index is -1.39. The van der Waals surface area contributed by atoms with Gasteiger partial charge in [-0.3, -0.25) is 62.3 Å². The van der Waals surface area contributed by atoms with Gasteiger partial charge in [-0.1, -0.05) is 32.6 Å². The number of nitrogens with one attached hydrogen (secondary N) is 4. The molecule has 38 nitrogen and oxygen atoms in total. The molecule has 15 atom stereocenters. The maximum Gasteiger partial charge on any atom is 0.303 e. The Kier molecular flexibility index (Phi) is 40.5. The van der Waals surface area contributed by atoms with Gasteiger partial charge in [0.2, 0.25) is 23.5 Å². The second-order valence-corrected chi connectivity index (χ2v) is 24.1. The van der Waals surface area contributed by atoms with Crippen molar-refractivity contribution in [3.63, 3.8) is 0 Å². The van der Waals surface area contributed by atoms with Gasteiger partial charge >= 0.3 is 53.7 Å². The summed E-state index contributed by atoms with van der Waals surface area (Å²) in [6.07, 6.45) is -11.5. The maximum atomic E-state index is 14.0. The Labute approximate surface area is 613 Å². The highest BCUT2D eigenvalue weighted by Gasteiger charge is 2.54. The SMILES string of the molecule is CCCCCCCNC(=O)c1cc(OCCOCCO[C@@H]2O[C@H](COC(C)=O)[C@H](OC(C)=O)[C@H](OC(C)=O)[C@H]2NC(C)=O)c(OCCOCCO[C@@H]2O[C@H](COC(C)=O)[C@H](OC(C)=O)[C@H](OC(C)=O)[C@H]2NC(C)=O)c(OCCOCCO[C@@H]2O[C@H](COC(C)=O)[C@H](OC(C)=O)[C@H](OC(C)=O)[C@H]2NC(C)=O)c1. The molecule has 0 spiro atoms. The molecule has 4 amide bonds. The van der Waals surface area contributed by atoms with Crippen LogP contribution in [0.1, 0.15) is 132 Å². The third kappa shape index (κ3) is 33.0. The van der Waals surface area contributed by atoms with E-state index in [-0.39, 0.29) is 102 Å². The normalized spacial score (nSPS) is 23.9. The number of esters is 9. The minimum Gasteiger partial charge on any atom is -0.487 e. The first kappa shape index (κ1) is 89.8. The van der Waals surface area contributed by atoms with Gasteiger partial charge < -0.3 is 121 Å². The van der Waals surface area contributed by atoms with Crippen LogP contribution in [-0.2, 0) is 143 Å². The number of carbonyl (C=O) groups excluding carboxylic acids is 13. The largest absolute Gasteiger partial charge is 0.487 e. The molecule has 1 aromatic carbocycles. The summed E-state index contributed by atoms with van der Waals surface area (Å²) in [7, 11) is 0. The molecule has 3 aliphatic rings. The highest BCUT2D eigenvalue weighted by atomic mass is 16.7. The van der Waals surface area contributed by atoms with E-state index in [1.54, 1.807) is 0 Å². The van der Waals surface area contributed by atoms with Crippen LogP contribution in [0.5, 0.6) is 17.2 Å². The third-order valence-corrected chi connectivity index (χ3v) is 15.0. The molecule has 3 aliphatic heterocycles. The lowest BCUT2D eigenvalue weighted by atomic mass is 9.96. The number of carbonyl (C=O) groups is 13. The van der Waals surface area contributed by atoms with Crippen molar-refractivity contribution in [3.05, 3.63) is 17.7 Å². The summed E-state index contributed by atoms with van der Waals surface area (Å²) in [5, 5.41) is 10.8. The van der Waals surface area contributed by atoms with E-state index in [0.717, 1.165) is 88.0 Å². The van der Waals surface area contributed by atoms with Crippen LogP contribution in [0, 0.1) is 0 Å². The molecule has 38 heteroatoms. The lowest BCUT2D eigenvalue weighted by molar-refractivity contribution is -0.279. The van der Waals surface area contributed by atoms with Gasteiger partial charge in [-0.2, -0.15) is 0 Å². The van der Waals surface area contributed by atoms with Crippen LogP contribution < -0.4 is 35.5 Å². The second kappa shape index (κ2) is 47.8. The van der Waals surface area contributed by atoms with Crippen molar-refractivity contribution in [1.82, 2.24) is 21.3 Å². The van der Waals surface area contributed by atoms with Crippen molar-refractivity contribution in [3.8, 4) is 17.2 Å². The van der Waals surface area contributed by atoms with Gasteiger partial charge in [0.15, 0.2) is 67.0 Å². The Morgan fingerprint density at radius 3 is 0.934 bits per heavy atom. The molecule has 3 fully saturated rings. The molecule has 1 aromatic rings. The molecular weight excluding hydrogens is 1420 g/mol. The first-order chi connectivity index (χ1) is 50.4. The number of benzene rings is 1. The molecule has 0 bridgehead atoms. The zero-order valence-electron chi connectivity index (χ0n) is 62.0. The smallest absolute Gasteiger partial charge is 0.303 e. The van der Waals surface area contributed by atoms with E-state index < -0.39 is 189 Å². The molecule has 4 N–H and O–H groups in total. The van der Waals surface area contributed by atoms with E-state index in [9.17, 15) is 62.3 Å². The summed E-state index contributed by atoms with van der Waals surface area (Å²) in [5.41, 5.74) is 0.0862. The molecule has 0 aromatic heterocycles. The Morgan fingerprint density at radius 1 is 0.349 bits per heavy atom. The predicted octanol–water partition coefficient (Wildman–Crippen LogP) is 0.591. The molecule has 3 heterocycles. The number of rotatable bonds is 46. The van der Waals surface area contributed by atoms with Crippen molar-refractivity contribution in [2.75, 3.05) is 106 Å². The monoisotopic (exact) mass is 1520 g/mol. The molecule has 106 heavy (non-hydrogen) atoms. The summed E-state index contributed by atoms with van der Waals surface area (Å²) in [5.74, 6) is -9.21. The molecule has 0 radical (unpaired) electrons. The van der Waals surface area contributed by atoms with Crippen molar-refractivity contribution in [2.45, 2.75) is 214 Å². The summed E-state index contributed by atoms with van der Waals surface area (Å²) >= 11 is 0. The summed E-state index contributed by atoms with van der Waals surface area (Å²) in [6, 6.07) is -0.899. The van der Waals surface area contributed by atoms with E-state index >= 15 is 0 Å². The van der Waals surface area contributed by atoms with Gasteiger partial charge in [-0.25, -0.2) is 0 Å². The number of hydrogen-bond acceptors (Lipinski definition) is 34. The van der Waals surface area contributed by atoms with Crippen LogP contribution in [0.25, 0.3) is 0 Å².